The van der Waals surface area contributed by atoms with Gasteiger partial charge in [-0.1, -0.05) is 0 Å². The van der Waals surface area contributed by atoms with Crippen LogP contribution in [0.4, 0.5) is 0 Å². The van der Waals surface area contributed by atoms with E-state index in [1.165, 1.54) is 6.92 Å². The van der Waals surface area contributed by atoms with Crippen LogP contribution in [0.1, 0.15) is 22.8 Å². The lowest BCUT2D eigenvalue weighted by atomic mass is 10.0. The zero-order valence-electron chi connectivity index (χ0n) is 8.02. The normalized spacial score (nSPS) is 9.93. The van der Waals surface area contributed by atoms with Gasteiger partial charge in [0.25, 0.3) is 0 Å². The highest BCUT2D eigenvalue weighted by molar-refractivity contribution is 5.92. The smallest absolute Gasteiger partial charge is 0.339 e. The van der Waals surface area contributed by atoms with Crippen LogP contribution < -0.4 is 0 Å². The van der Waals surface area contributed by atoms with Gasteiger partial charge in [0.2, 0.25) is 0 Å². The molecule has 0 bridgehead atoms. The summed E-state index contributed by atoms with van der Waals surface area (Å²) < 4.78 is 0. The molecule has 0 radical (unpaired) electrons. The van der Waals surface area contributed by atoms with Crippen molar-refractivity contribution < 1.29 is 24.9 Å². The molecule has 1 aromatic carbocycles. The zero-order chi connectivity index (χ0) is 11.6. The van der Waals surface area contributed by atoms with Crippen LogP contribution in [-0.4, -0.2) is 27.1 Å². The lowest BCUT2D eigenvalue weighted by Crippen LogP contribution is -2.02. The largest absolute Gasteiger partial charge is 0.508 e. The number of carboxylic acids is 1. The lowest BCUT2D eigenvalue weighted by Gasteiger charge is -2.05. The molecule has 0 aliphatic heterocycles. The van der Waals surface area contributed by atoms with E-state index in [1.54, 1.807) is 0 Å². The maximum atomic E-state index is 10.8. The van der Waals surface area contributed by atoms with Crippen molar-refractivity contribution in [1.82, 2.24) is 0 Å². The summed E-state index contributed by atoms with van der Waals surface area (Å²) in [7, 11) is 0. The molecular formula is C10H10O5. The molecule has 5 heteroatoms. The number of aromatic carboxylic acids is 1. The van der Waals surface area contributed by atoms with Crippen LogP contribution in [0.3, 0.4) is 0 Å². The SMILES string of the molecule is CC(=O)Cc1cc(C(=O)O)c(O)cc1O. The van der Waals surface area contributed by atoms with E-state index >= 15 is 0 Å². The second-order valence-corrected chi connectivity index (χ2v) is 3.18. The number of carbonyl (C=O) groups is 2. The molecule has 0 spiro atoms. The van der Waals surface area contributed by atoms with Gasteiger partial charge in [-0.05, 0) is 13.0 Å². The van der Waals surface area contributed by atoms with Crippen LogP contribution in [0.15, 0.2) is 12.1 Å². The number of hydrogen-bond donors (Lipinski definition) is 3. The molecule has 1 aromatic rings. The first-order valence-corrected chi connectivity index (χ1v) is 4.19. The quantitative estimate of drug-likeness (QED) is 0.689. The number of Topliss-reactive ketones (excluding diaryl/α,β-unsaturated/α-hetero) is 1. The van der Waals surface area contributed by atoms with Crippen molar-refractivity contribution in [2.45, 2.75) is 13.3 Å². The van der Waals surface area contributed by atoms with Crippen LogP contribution in [-0.2, 0) is 11.2 Å². The van der Waals surface area contributed by atoms with Crippen molar-refractivity contribution in [3.05, 3.63) is 23.3 Å². The minimum Gasteiger partial charge on any atom is -0.508 e. The predicted molar refractivity (Wildman–Crippen MR) is 51.1 cm³/mol. The van der Waals surface area contributed by atoms with E-state index in [1.807, 2.05) is 0 Å². The molecule has 0 saturated carbocycles. The van der Waals surface area contributed by atoms with E-state index in [-0.39, 0.29) is 29.1 Å². The Bertz CT molecular complexity index is 422. The highest BCUT2D eigenvalue weighted by Gasteiger charge is 2.14. The minimum absolute atomic E-state index is 0.0631. The van der Waals surface area contributed by atoms with Gasteiger partial charge >= 0.3 is 5.97 Å². The van der Waals surface area contributed by atoms with Gasteiger partial charge in [-0.3, -0.25) is 4.79 Å². The Balaban J connectivity index is 3.23. The summed E-state index contributed by atoms with van der Waals surface area (Å²) in [5, 5.41) is 27.2. The third kappa shape index (κ3) is 2.46. The maximum absolute atomic E-state index is 10.8. The lowest BCUT2D eigenvalue weighted by molar-refractivity contribution is -0.116. The molecule has 0 fully saturated rings. The number of hydrogen-bond acceptors (Lipinski definition) is 4. The first-order valence-electron chi connectivity index (χ1n) is 4.19. The fourth-order valence-electron chi connectivity index (χ4n) is 1.20. The fraction of sp³-hybridized carbons (Fsp3) is 0.200. The van der Waals surface area contributed by atoms with E-state index in [4.69, 9.17) is 5.11 Å². The third-order valence-electron chi connectivity index (χ3n) is 1.87. The monoisotopic (exact) mass is 210 g/mol. The van der Waals surface area contributed by atoms with Crippen molar-refractivity contribution in [2.75, 3.05) is 0 Å². The van der Waals surface area contributed by atoms with Crippen molar-refractivity contribution >= 4 is 11.8 Å². The molecule has 1 rings (SSSR count). The van der Waals surface area contributed by atoms with E-state index < -0.39 is 11.7 Å². The fourth-order valence-corrected chi connectivity index (χ4v) is 1.20. The first-order chi connectivity index (χ1) is 6.91. The standard InChI is InChI=1S/C10H10O5/c1-5(11)2-6-3-7(10(14)15)9(13)4-8(6)12/h3-4,12-13H,2H2,1H3,(H,14,15). The van der Waals surface area contributed by atoms with Crippen LogP contribution in [0.5, 0.6) is 11.5 Å². The summed E-state index contributed by atoms with van der Waals surface area (Å²) in [5.74, 6) is -2.32. The Morgan fingerprint density at radius 2 is 1.80 bits per heavy atom. The van der Waals surface area contributed by atoms with E-state index in [0.717, 1.165) is 12.1 Å². The van der Waals surface area contributed by atoms with Crippen LogP contribution >= 0.6 is 0 Å². The number of carbonyl (C=O) groups excluding carboxylic acids is 1. The van der Waals surface area contributed by atoms with E-state index in [0.29, 0.717) is 0 Å². The van der Waals surface area contributed by atoms with Gasteiger partial charge in [-0.25, -0.2) is 4.79 Å². The number of carboxylic acid groups (broad SMARTS) is 1. The number of ketones is 1. The number of aromatic hydroxyl groups is 2. The summed E-state index contributed by atoms with van der Waals surface area (Å²) in [5.41, 5.74) is -0.137. The van der Waals surface area contributed by atoms with Crippen LogP contribution in [0, 0.1) is 0 Å². The molecule has 15 heavy (non-hydrogen) atoms. The van der Waals surface area contributed by atoms with Gasteiger partial charge in [-0.15, -0.1) is 0 Å². The molecule has 0 aliphatic rings. The predicted octanol–water partition coefficient (Wildman–Crippen LogP) is 0.927. The van der Waals surface area contributed by atoms with Gasteiger partial charge < -0.3 is 15.3 Å². The van der Waals surface area contributed by atoms with E-state index in [2.05, 4.69) is 0 Å². The molecule has 0 aromatic heterocycles. The number of phenols is 2. The summed E-state index contributed by atoms with van der Waals surface area (Å²) in [6.45, 7) is 1.33. The van der Waals surface area contributed by atoms with Crippen molar-refractivity contribution in [2.24, 2.45) is 0 Å². The Morgan fingerprint density at radius 1 is 1.20 bits per heavy atom. The number of rotatable bonds is 3. The van der Waals surface area contributed by atoms with Crippen LogP contribution in [0.2, 0.25) is 0 Å². The Hall–Kier alpha value is -2.04. The summed E-state index contributed by atoms with van der Waals surface area (Å²) in [4.78, 5) is 21.5. The number of benzene rings is 1. The molecule has 5 nitrogen and oxygen atoms in total. The molecule has 0 amide bonds. The molecule has 0 saturated heterocycles. The molecule has 0 unspecified atom stereocenters. The zero-order valence-corrected chi connectivity index (χ0v) is 8.02. The van der Waals surface area contributed by atoms with Gasteiger partial charge in [-0.2, -0.15) is 0 Å². The summed E-state index contributed by atoms with van der Waals surface area (Å²) in [6, 6.07) is 2.01. The Morgan fingerprint density at radius 3 is 2.27 bits per heavy atom. The highest BCUT2D eigenvalue weighted by atomic mass is 16.4. The molecule has 3 N–H and O–H groups in total. The average Bonchev–Trinajstić information content (AvgIpc) is 2.08. The molecule has 80 valence electrons. The molecular weight excluding hydrogens is 200 g/mol. The van der Waals surface area contributed by atoms with Gasteiger partial charge in [0.05, 0.1) is 0 Å². The Kier molecular flexibility index (Phi) is 2.94. The second kappa shape index (κ2) is 4.00. The van der Waals surface area contributed by atoms with Gasteiger partial charge in [0.15, 0.2) is 0 Å². The average molecular weight is 210 g/mol. The Labute approximate surface area is 85.6 Å². The second-order valence-electron chi connectivity index (χ2n) is 3.18. The topological polar surface area (TPSA) is 94.8 Å². The van der Waals surface area contributed by atoms with Crippen molar-refractivity contribution in [1.29, 1.82) is 0 Å². The summed E-state index contributed by atoms with van der Waals surface area (Å²) in [6.07, 6.45) is -0.0631. The maximum Gasteiger partial charge on any atom is 0.339 e. The van der Waals surface area contributed by atoms with E-state index in [9.17, 15) is 19.8 Å². The van der Waals surface area contributed by atoms with Crippen LogP contribution in [0.25, 0.3) is 0 Å². The minimum atomic E-state index is -1.31. The number of phenolic OH excluding ortho intramolecular Hbond substituents is 1. The van der Waals surface area contributed by atoms with Crippen molar-refractivity contribution in [3.63, 3.8) is 0 Å². The molecule has 0 aliphatic carbocycles. The molecule has 0 atom stereocenters. The van der Waals surface area contributed by atoms with Gasteiger partial charge in [0, 0.05) is 18.1 Å². The molecule has 0 heterocycles. The highest BCUT2D eigenvalue weighted by Crippen LogP contribution is 2.27. The summed E-state index contributed by atoms with van der Waals surface area (Å²) >= 11 is 0. The van der Waals surface area contributed by atoms with Crippen molar-refractivity contribution in [3.8, 4) is 11.5 Å². The first kappa shape index (κ1) is 11.0. The van der Waals surface area contributed by atoms with Gasteiger partial charge in [0.1, 0.15) is 22.8 Å². The third-order valence-corrected chi connectivity index (χ3v) is 1.87.